The Morgan fingerprint density at radius 3 is 2.71 bits per heavy atom. The molecule has 0 fully saturated rings. The number of aliphatic hydroxyl groups excluding tert-OH is 1. The highest BCUT2D eigenvalue weighted by molar-refractivity contribution is 5.67. The number of hydrogen-bond acceptors (Lipinski definition) is 3. The molecule has 0 bridgehead atoms. The lowest BCUT2D eigenvalue weighted by Crippen LogP contribution is -2.27. The predicted octanol–water partition coefficient (Wildman–Crippen LogP) is 1.53. The molecule has 17 heavy (non-hydrogen) atoms. The number of benzene rings is 1. The molecule has 0 aliphatic heterocycles. The van der Waals surface area contributed by atoms with Crippen LogP contribution in [0.25, 0.3) is 0 Å². The first kappa shape index (κ1) is 13.4. The lowest BCUT2D eigenvalue weighted by Gasteiger charge is -2.16. The maximum atomic E-state index is 12.9. The molecule has 0 aromatic heterocycles. The fourth-order valence-electron chi connectivity index (χ4n) is 1.22. The van der Waals surface area contributed by atoms with Crippen LogP contribution in [0, 0.1) is 11.6 Å². The molecule has 0 aliphatic carbocycles. The Labute approximate surface area is 97.4 Å². The van der Waals surface area contributed by atoms with E-state index < -0.39 is 17.7 Å². The number of carbonyl (C=O) groups excluding carboxylic acids is 1. The number of hydrogen-bond donors (Lipinski definition) is 1. The molecular weight excluding hydrogens is 232 g/mol. The minimum absolute atomic E-state index is 0.0963. The molecule has 1 rings (SSSR count). The number of ether oxygens (including phenoxy) is 1. The van der Waals surface area contributed by atoms with Gasteiger partial charge in [0.1, 0.15) is 6.61 Å². The molecule has 6 heteroatoms. The van der Waals surface area contributed by atoms with Crippen LogP contribution in [-0.2, 0) is 11.3 Å². The Hall–Kier alpha value is -1.69. The van der Waals surface area contributed by atoms with Crippen molar-refractivity contribution in [3.8, 4) is 0 Å². The smallest absolute Gasteiger partial charge is 0.409 e. The van der Waals surface area contributed by atoms with E-state index in [1.807, 2.05) is 0 Å². The van der Waals surface area contributed by atoms with Crippen LogP contribution >= 0.6 is 0 Å². The minimum atomic E-state index is -0.959. The highest BCUT2D eigenvalue weighted by Gasteiger charge is 2.11. The van der Waals surface area contributed by atoms with Crippen LogP contribution < -0.4 is 0 Å². The summed E-state index contributed by atoms with van der Waals surface area (Å²) in [6.45, 7) is -0.257. The molecule has 0 saturated carbocycles. The second-order valence-corrected chi connectivity index (χ2v) is 3.44. The van der Waals surface area contributed by atoms with Crippen LogP contribution in [0.3, 0.4) is 0 Å². The van der Waals surface area contributed by atoms with Gasteiger partial charge < -0.3 is 14.7 Å². The summed E-state index contributed by atoms with van der Waals surface area (Å²) in [5, 5.41) is 8.47. The van der Waals surface area contributed by atoms with Crippen molar-refractivity contribution in [2.24, 2.45) is 0 Å². The van der Waals surface area contributed by atoms with Crippen LogP contribution in [-0.4, -0.2) is 36.4 Å². The van der Waals surface area contributed by atoms with Crippen molar-refractivity contribution in [3.63, 3.8) is 0 Å². The molecule has 1 aromatic rings. The van der Waals surface area contributed by atoms with Gasteiger partial charge >= 0.3 is 6.09 Å². The molecular formula is C11H13F2NO3. The zero-order valence-electron chi connectivity index (χ0n) is 9.32. The fourth-order valence-corrected chi connectivity index (χ4v) is 1.22. The topological polar surface area (TPSA) is 49.8 Å². The summed E-state index contributed by atoms with van der Waals surface area (Å²) in [5.74, 6) is -1.89. The number of nitrogens with zero attached hydrogens (tertiary/aromatic N) is 1. The van der Waals surface area contributed by atoms with Crippen LogP contribution in [0.4, 0.5) is 13.6 Å². The molecule has 0 aliphatic rings. The van der Waals surface area contributed by atoms with Crippen molar-refractivity contribution < 1.29 is 23.4 Å². The minimum Gasteiger partial charge on any atom is -0.447 e. The highest BCUT2D eigenvalue weighted by atomic mass is 19.2. The fraction of sp³-hybridized carbons (Fsp3) is 0.364. The predicted molar refractivity (Wildman–Crippen MR) is 56.3 cm³/mol. The van der Waals surface area contributed by atoms with E-state index in [1.54, 1.807) is 0 Å². The molecule has 0 unspecified atom stereocenters. The third-order valence-corrected chi connectivity index (χ3v) is 2.03. The molecule has 0 saturated heterocycles. The Bertz CT molecular complexity index is 398. The number of rotatable bonds is 4. The third-order valence-electron chi connectivity index (χ3n) is 2.03. The Kier molecular flexibility index (Phi) is 4.84. The van der Waals surface area contributed by atoms with Crippen molar-refractivity contribution in [1.29, 1.82) is 0 Å². The largest absolute Gasteiger partial charge is 0.447 e. The van der Waals surface area contributed by atoms with Gasteiger partial charge in [0.15, 0.2) is 11.6 Å². The number of amides is 1. The summed E-state index contributed by atoms with van der Waals surface area (Å²) < 4.78 is 30.2. The zero-order chi connectivity index (χ0) is 12.8. The molecule has 4 nitrogen and oxygen atoms in total. The first-order valence-corrected chi connectivity index (χ1v) is 4.97. The van der Waals surface area contributed by atoms with Gasteiger partial charge in [-0.3, -0.25) is 0 Å². The standard InChI is InChI=1S/C11H13F2NO3/c1-14(11(16)17-5-4-15)7-8-2-3-9(12)10(13)6-8/h2-3,6,15H,4-5,7H2,1H3. The lowest BCUT2D eigenvalue weighted by molar-refractivity contribution is 0.0893. The number of aliphatic hydroxyl groups is 1. The normalized spacial score (nSPS) is 10.1. The van der Waals surface area contributed by atoms with Crippen LogP contribution in [0.2, 0.25) is 0 Å². The van der Waals surface area contributed by atoms with Crippen LogP contribution in [0.5, 0.6) is 0 Å². The SMILES string of the molecule is CN(Cc1ccc(F)c(F)c1)C(=O)OCCO. The molecule has 1 aromatic carbocycles. The summed E-state index contributed by atoms with van der Waals surface area (Å²) in [4.78, 5) is 12.5. The van der Waals surface area contributed by atoms with Gasteiger partial charge in [-0.1, -0.05) is 6.07 Å². The summed E-state index contributed by atoms with van der Waals surface area (Å²) in [7, 11) is 1.46. The summed E-state index contributed by atoms with van der Waals surface area (Å²) in [6.07, 6.45) is -0.635. The molecule has 0 spiro atoms. The molecule has 0 atom stereocenters. The highest BCUT2D eigenvalue weighted by Crippen LogP contribution is 2.10. The van der Waals surface area contributed by atoms with Gasteiger partial charge in [0.2, 0.25) is 0 Å². The van der Waals surface area contributed by atoms with E-state index in [1.165, 1.54) is 18.0 Å². The number of halogens is 2. The maximum absolute atomic E-state index is 12.9. The van der Waals surface area contributed by atoms with E-state index in [2.05, 4.69) is 4.74 Å². The zero-order valence-corrected chi connectivity index (χ0v) is 9.32. The number of carbonyl (C=O) groups is 1. The first-order chi connectivity index (χ1) is 8.04. The lowest BCUT2D eigenvalue weighted by atomic mass is 10.2. The Morgan fingerprint density at radius 2 is 2.12 bits per heavy atom. The second-order valence-electron chi connectivity index (χ2n) is 3.44. The first-order valence-electron chi connectivity index (χ1n) is 4.97. The van der Waals surface area contributed by atoms with Crippen LogP contribution in [0.15, 0.2) is 18.2 Å². The van der Waals surface area contributed by atoms with E-state index in [4.69, 9.17) is 5.11 Å². The van der Waals surface area contributed by atoms with Gasteiger partial charge in [-0.05, 0) is 17.7 Å². The van der Waals surface area contributed by atoms with E-state index in [9.17, 15) is 13.6 Å². The molecule has 1 N–H and O–H groups in total. The van der Waals surface area contributed by atoms with Gasteiger partial charge in [-0.25, -0.2) is 13.6 Å². The van der Waals surface area contributed by atoms with Gasteiger partial charge in [0.05, 0.1) is 6.61 Å². The summed E-state index contributed by atoms with van der Waals surface area (Å²) in [6, 6.07) is 3.40. The maximum Gasteiger partial charge on any atom is 0.409 e. The molecule has 0 heterocycles. The van der Waals surface area contributed by atoms with Crippen molar-refractivity contribution in [2.45, 2.75) is 6.54 Å². The van der Waals surface area contributed by atoms with Crippen molar-refractivity contribution in [1.82, 2.24) is 4.90 Å². The van der Waals surface area contributed by atoms with Crippen molar-refractivity contribution in [3.05, 3.63) is 35.4 Å². The van der Waals surface area contributed by atoms with E-state index in [0.717, 1.165) is 12.1 Å². The third kappa shape index (κ3) is 3.99. The van der Waals surface area contributed by atoms with E-state index >= 15 is 0 Å². The Morgan fingerprint density at radius 1 is 1.41 bits per heavy atom. The summed E-state index contributed by atoms with van der Waals surface area (Å²) >= 11 is 0. The monoisotopic (exact) mass is 245 g/mol. The molecule has 0 radical (unpaired) electrons. The van der Waals surface area contributed by atoms with Crippen LogP contribution in [0.1, 0.15) is 5.56 Å². The Balaban J connectivity index is 2.58. The molecule has 1 amide bonds. The van der Waals surface area contributed by atoms with E-state index in [-0.39, 0.29) is 19.8 Å². The van der Waals surface area contributed by atoms with Gasteiger partial charge in [-0.2, -0.15) is 0 Å². The molecule has 94 valence electrons. The average molecular weight is 245 g/mol. The van der Waals surface area contributed by atoms with Crippen molar-refractivity contribution in [2.75, 3.05) is 20.3 Å². The van der Waals surface area contributed by atoms with E-state index in [0.29, 0.717) is 5.56 Å². The van der Waals surface area contributed by atoms with Crippen molar-refractivity contribution >= 4 is 6.09 Å². The van der Waals surface area contributed by atoms with Gasteiger partial charge in [0, 0.05) is 13.6 Å². The second kappa shape index (κ2) is 6.15. The van der Waals surface area contributed by atoms with Gasteiger partial charge in [0.25, 0.3) is 0 Å². The van der Waals surface area contributed by atoms with Gasteiger partial charge in [-0.15, -0.1) is 0 Å². The summed E-state index contributed by atoms with van der Waals surface area (Å²) in [5.41, 5.74) is 0.451. The quantitative estimate of drug-likeness (QED) is 0.875. The average Bonchev–Trinajstić information content (AvgIpc) is 2.30.